The summed E-state index contributed by atoms with van der Waals surface area (Å²) < 4.78 is 0.948. The number of rotatable bonds is 6. The fourth-order valence-corrected chi connectivity index (χ4v) is 3.17. The van der Waals surface area contributed by atoms with E-state index in [-0.39, 0.29) is 18.2 Å². The van der Waals surface area contributed by atoms with Gasteiger partial charge in [-0.05, 0) is 37.1 Å². The minimum absolute atomic E-state index is 0.0679. The molecule has 0 aromatic heterocycles. The monoisotopic (exact) mass is 402 g/mol. The Labute approximate surface area is 157 Å². The van der Waals surface area contributed by atoms with Gasteiger partial charge in [0.2, 0.25) is 11.8 Å². The normalized spacial score (nSPS) is 11.7. The third kappa shape index (κ3) is 5.43. The summed E-state index contributed by atoms with van der Waals surface area (Å²) >= 11 is 3.45. The molecule has 0 aliphatic carbocycles. The second kappa shape index (κ2) is 8.81. The predicted octanol–water partition coefficient (Wildman–Crippen LogP) is 3.46. The van der Waals surface area contributed by atoms with Crippen LogP contribution in [0.2, 0.25) is 0 Å². The molecule has 1 atom stereocenters. The number of carbonyl (C=O) groups excluding carboxylic acids is 2. The Morgan fingerprint density at radius 2 is 1.80 bits per heavy atom. The maximum atomic E-state index is 12.9. The Balaban J connectivity index is 2.23. The Morgan fingerprint density at radius 1 is 1.12 bits per heavy atom. The van der Waals surface area contributed by atoms with Gasteiger partial charge < -0.3 is 10.2 Å². The van der Waals surface area contributed by atoms with Crippen molar-refractivity contribution in [3.8, 4) is 0 Å². The van der Waals surface area contributed by atoms with Crippen molar-refractivity contribution in [1.29, 1.82) is 0 Å². The average Bonchev–Trinajstić information content (AvgIpc) is 2.58. The number of carbonyl (C=O) groups is 2. The lowest BCUT2D eigenvalue weighted by atomic mass is 10.1. The number of hydrogen-bond donors (Lipinski definition) is 1. The molecule has 0 fully saturated rings. The number of likely N-dealkylation sites (N-methyl/N-ethyl adjacent to an activating group) is 1. The SMILES string of the molecule is CNC(=O)[C@H](C)N(Cc1cccc(Br)c1)C(=O)Cc1cccc(C)c1. The van der Waals surface area contributed by atoms with Crippen LogP contribution in [0, 0.1) is 6.92 Å². The van der Waals surface area contributed by atoms with Crippen LogP contribution in [0.5, 0.6) is 0 Å². The minimum atomic E-state index is -0.540. The van der Waals surface area contributed by atoms with Gasteiger partial charge in [-0.15, -0.1) is 0 Å². The first-order valence-corrected chi connectivity index (χ1v) is 9.01. The van der Waals surface area contributed by atoms with Crippen molar-refractivity contribution < 1.29 is 9.59 Å². The molecule has 0 saturated carbocycles. The molecular formula is C20H23BrN2O2. The molecule has 2 aromatic carbocycles. The Hall–Kier alpha value is -2.14. The highest BCUT2D eigenvalue weighted by molar-refractivity contribution is 9.10. The number of benzene rings is 2. The van der Waals surface area contributed by atoms with Gasteiger partial charge in [0.05, 0.1) is 6.42 Å². The molecule has 132 valence electrons. The van der Waals surface area contributed by atoms with Crippen LogP contribution < -0.4 is 5.32 Å². The van der Waals surface area contributed by atoms with Gasteiger partial charge in [0, 0.05) is 18.1 Å². The lowest BCUT2D eigenvalue weighted by Crippen LogP contribution is -2.47. The number of nitrogens with zero attached hydrogens (tertiary/aromatic N) is 1. The van der Waals surface area contributed by atoms with Gasteiger partial charge in [-0.3, -0.25) is 9.59 Å². The molecule has 2 rings (SSSR count). The van der Waals surface area contributed by atoms with Gasteiger partial charge in [-0.2, -0.15) is 0 Å². The van der Waals surface area contributed by atoms with Crippen LogP contribution in [0.1, 0.15) is 23.6 Å². The number of hydrogen-bond acceptors (Lipinski definition) is 2. The van der Waals surface area contributed by atoms with E-state index in [4.69, 9.17) is 0 Å². The first-order chi connectivity index (χ1) is 11.9. The van der Waals surface area contributed by atoms with Gasteiger partial charge in [0.25, 0.3) is 0 Å². The van der Waals surface area contributed by atoms with E-state index >= 15 is 0 Å². The van der Waals surface area contributed by atoms with Crippen molar-refractivity contribution in [3.63, 3.8) is 0 Å². The summed E-state index contributed by atoms with van der Waals surface area (Å²) in [4.78, 5) is 26.6. The van der Waals surface area contributed by atoms with Gasteiger partial charge in [0.15, 0.2) is 0 Å². The smallest absolute Gasteiger partial charge is 0.242 e. The van der Waals surface area contributed by atoms with E-state index in [0.29, 0.717) is 6.54 Å². The van der Waals surface area contributed by atoms with Crippen molar-refractivity contribution in [2.75, 3.05) is 7.05 Å². The zero-order valence-electron chi connectivity index (χ0n) is 14.8. The van der Waals surface area contributed by atoms with Crippen LogP contribution in [0.4, 0.5) is 0 Å². The van der Waals surface area contributed by atoms with Crippen LogP contribution >= 0.6 is 15.9 Å². The number of halogens is 1. The second-order valence-electron chi connectivity index (χ2n) is 6.11. The molecule has 0 aliphatic rings. The molecule has 2 amide bonds. The molecular weight excluding hydrogens is 380 g/mol. The fourth-order valence-electron chi connectivity index (χ4n) is 2.72. The molecule has 0 spiro atoms. The standard InChI is InChI=1S/C20H23BrN2O2/c1-14-6-4-7-16(10-14)12-19(24)23(15(2)20(25)22-3)13-17-8-5-9-18(21)11-17/h4-11,15H,12-13H2,1-3H3,(H,22,25)/t15-/m0/s1. The van der Waals surface area contributed by atoms with Crippen LogP contribution in [0.15, 0.2) is 53.0 Å². The molecule has 2 aromatic rings. The first-order valence-electron chi connectivity index (χ1n) is 8.21. The highest BCUT2D eigenvalue weighted by Gasteiger charge is 2.25. The van der Waals surface area contributed by atoms with Crippen LogP contribution in [0.3, 0.4) is 0 Å². The molecule has 0 unspecified atom stereocenters. The summed E-state index contributed by atoms with van der Waals surface area (Å²) in [6.07, 6.45) is 0.275. The van der Waals surface area contributed by atoms with Gasteiger partial charge in [-0.1, -0.05) is 57.9 Å². The van der Waals surface area contributed by atoms with Gasteiger partial charge in [0.1, 0.15) is 6.04 Å². The van der Waals surface area contributed by atoms with Crippen molar-refractivity contribution >= 4 is 27.7 Å². The largest absolute Gasteiger partial charge is 0.357 e. The summed E-state index contributed by atoms with van der Waals surface area (Å²) in [5, 5.41) is 2.63. The average molecular weight is 403 g/mol. The Kier molecular flexibility index (Phi) is 6.76. The van der Waals surface area contributed by atoms with E-state index in [9.17, 15) is 9.59 Å². The van der Waals surface area contributed by atoms with Crippen molar-refractivity contribution in [2.45, 2.75) is 32.9 Å². The van der Waals surface area contributed by atoms with E-state index in [1.807, 2.05) is 55.5 Å². The van der Waals surface area contributed by atoms with Gasteiger partial charge in [-0.25, -0.2) is 0 Å². The summed E-state index contributed by atoms with van der Waals surface area (Å²) in [6.45, 7) is 4.14. The van der Waals surface area contributed by atoms with Crippen LogP contribution in [-0.2, 0) is 22.6 Å². The van der Waals surface area contributed by atoms with Crippen LogP contribution in [0.25, 0.3) is 0 Å². The van der Waals surface area contributed by atoms with Gasteiger partial charge >= 0.3 is 0 Å². The summed E-state index contributed by atoms with van der Waals surface area (Å²) in [7, 11) is 1.58. The second-order valence-corrected chi connectivity index (χ2v) is 7.02. The third-order valence-corrected chi connectivity index (χ3v) is 4.59. The topological polar surface area (TPSA) is 49.4 Å². The number of nitrogens with one attached hydrogen (secondary N) is 1. The van der Waals surface area contributed by atoms with Crippen molar-refractivity contribution in [2.24, 2.45) is 0 Å². The molecule has 0 heterocycles. The first kappa shape index (κ1) is 19.2. The Morgan fingerprint density at radius 3 is 2.44 bits per heavy atom. The molecule has 4 nitrogen and oxygen atoms in total. The minimum Gasteiger partial charge on any atom is -0.357 e. The maximum Gasteiger partial charge on any atom is 0.242 e. The van der Waals surface area contributed by atoms with Crippen molar-refractivity contribution in [1.82, 2.24) is 10.2 Å². The van der Waals surface area contributed by atoms with E-state index in [1.54, 1.807) is 18.9 Å². The molecule has 0 radical (unpaired) electrons. The summed E-state index contributed by atoms with van der Waals surface area (Å²) in [5.74, 6) is -0.241. The molecule has 0 aliphatic heterocycles. The van der Waals surface area contributed by atoms with E-state index in [1.165, 1.54) is 0 Å². The van der Waals surface area contributed by atoms with Crippen molar-refractivity contribution in [3.05, 3.63) is 69.7 Å². The molecule has 0 saturated heterocycles. The fraction of sp³-hybridized carbons (Fsp3) is 0.300. The third-order valence-electron chi connectivity index (χ3n) is 4.09. The predicted molar refractivity (Wildman–Crippen MR) is 103 cm³/mol. The maximum absolute atomic E-state index is 12.9. The molecule has 1 N–H and O–H groups in total. The molecule has 0 bridgehead atoms. The van der Waals surface area contributed by atoms with E-state index in [2.05, 4.69) is 21.2 Å². The quantitative estimate of drug-likeness (QED) is 0.803. The molecule has 25 heavy (non-hydrogen) atoms. The van der Waals surface area contributed by atoms with E-state index in [0.717, 1.165) is 21.2 Å². The number of aryl methyl sites for hydroxylation is 1. The highest BCUT2D eigenvalue weighted by Crippen LogP contribution is 2.16. The number of amides is 2. The summed E-state index contributed by atoms with van der Waals surface area (Å²) in [5.41, 5.74) is 3.04. The van der Waals surface area contributed by atoms with Crippen LogP contribution in [-0.4, -0.2) is 29.8 Å². The lowest BCUT2D eigenvalue weighted by molar-refractivity contribution is -0.139. The Bertz CT molecular complexity index is 761. The highest BCUT2D eigenvalue weighted by atomic mass is 79.9. The zero-order valence-corrected chi connectivity index (χ0v) is 16.3. The summed E-state index contributed by atoms with van der Waals surface area (Å²) in [6, 6.07) is 15.1. The molecule has 5 heteroatoms. The lowest BCUT2D eigenvalue weighted by Gasteiger charge is -2.28. The zero-order chi connectivity index (χ0) is 18.4. The van der Waals surface area contributed by atoms with E-state index < -0.39 is 6.04 Å².